The number of hydrogen-bond acceptors (Lipinski definition) is 0. The van der Waals surface area contributed by atoms with Crippen LogP contribution in [0.1, 0.15) is 22.3 Å². The Morgan fingerprint density at radius 1 is 0.400 bits per heavy atom. The van der Waals surface area contributed by atoms with Crippen molar-refractivity contribution < 1.29 is 12.7 Å². The average molecular weight is 586 g/mol. The Kier molecular flexibility index (Phi) is 14.0. The van der Waals surface area contributed by atoms with E-state index in [1.54, 1.807) is 0 Å². The molecule has 0 heterocycles. The van der Waals surface area contributed by atoms with E-state index in [0.29, 0.717) is 12.7 Å². The van der Waals surface area contributed by atoms with Gasteiger partial charge in [0.1, 0.15) is 0 Å². The van der Waals surface area contributed by atoms with E-state index in [1.165, 1.54) is 59.2 Å². The van der Waals surface area contributed by atoms with Gasteiger partial charge in [0, 0.05) is 15.8 Å². The maximum atomic E-state index is 4.70. The molecule has 0 aliphatic rings. The number of halogens is 2. The normalized spacial score (nSPS) is 10.9. The first-order valence-electron chi connectivity index (χ1n) is 11.9. The molecule has 0 saturated carbocycles. The fourth-order valence-corrected chi connectivity index (χ4v) is 11.4. The van der Waals surface area contributed by atoms with E-state index in [0.717, 1.165) is 0 Å². The van der Waals surface area contributed by atoms with Crippen LogP contribution in [0.2, 0.25) is 0 Å². The predicted molar refractivity (Wildman–Crippen MR) is 159 cm³/mol. The molecular weight excluding hydrogens is 552 g/mol. The van der Waals surface area contributed by atoms with Gasteiger partial charge in [-0.3, -0.25) is 0 Å². The fraction of sp³-hybridized carbons (Fsp3) is 0.200. The Morgan fingerprint density at radius 2 is 0.600 bits per heavy atom. The maximum Gasteiger partial charge on any atom is 0.0912 e. The van der Waals surface area contributed by atoms with Crippen molar-refractivity contribution in [2.75, 3.05) is 12.3 Å². The summed E-state index contributed by atoms with van der Waals surface area (Å²) in [4.78, 5) is 0. The number of benzene rings is 4. The van der Waals surface area contributed by atoms with Crippen LogP contribution in [0.25, 0.3) is 0 Å². The molecule has 0 atom stereocenters. The van der Waals surface area contributed by atoms with Gasteiger partial charge in [-0.15, -0.1) is 0 Å². The van der Waals surface area contributed by atoms with Crippen LogP contribution in [-0.4, -0.2) is 12.3 Å². The van der Waals surface area contributed by atoms with Crippen molar-refractivity contribution >= 4 is 36.2 Å². The summed E-state index contributed by atoms with van der Waals surface area (Å²) in [6, 6.07) is 44.6. The third kappa shape index (κ3) is 11.6. The van der Waals surface area contributed by atoms with Crippen LogP contribution < -0.4 is 0 Å². The Morgan fingerprint density at radius 3 is 0.800 bits per heavy atom. The zero-order valence-electron chi connectivity index (χ0n) is 19.9. The first kappa shape index (κ1) is 28.4. The van der Waals surface area contributed by atoms with Crippen LogP contribution in [0.15, 0.2) is 121 Å². The molecule has 0 amide bonds. The average Bonchev–Trinajstić information content (AvgIpc) is 2.90. The van der Waals surface area contributed by atoms with Crippen molar-refractivity contribution in [2.24, 2.45) is 0 Å². The van der Waals surface area contributed by atoms with E-state index in [1.807, 2.05) is 0 Å². The first-order valence-corrected chi connectivity index (χ1v) is 18.9. The minimum absolute atomic E-state index is 0.501. The summed E-state index contributed by atoms with van der Waals surface area (Å²) in [6.07, 6.45) is 7.89. The third-order valence-electron chi connectivity index (χ3n) is 6.02. The molecule has 0 nitrogen and oxygen atoms in total. The van der Waals surface area contributed by atoms with Crippen molar-refractivity contribution in [1.29, 1.82) is 0 Å². The summed E-state index contributed by atoms with van der Waals surface area (Å²) in [5.41, 5.74) is 6.05. The quantitative estimate of drug-likeness (QED) is 0.121. The monoisotopic (exact) mass is 584 g/mol. The SMILES string of the molecule is [Cl][Ni][Cl].c1ccc(C[PH+](CC[PH+](Cc2ccccc2)Cc2ccccc2)Cc2ccccc2)cc1. The molecule has 0 N–H and O–H groups in total. The fourth-order valence-electron chi connectivity index (χ4n) is 4.37. The van der Waals surface area contributed by atoms with Gasteiger partial charge in [-0.05, 0) is 22.3 Å². The molecule has 0 saturated heterocycles. The van der Waals surface area contributed by atoms with E-state index in [4.69, 9.17) is 20.4 Å². The van der Waals surface area contributed by atoms with Crippen LogP contribution in [0.5, 0.6) is 0 Å². The zero-order chi connectivity index (χ0) is 24.6. The molecule has 0 spiro atoms. The Hall–Kier alpha value is -1.19. The molecule has 5 heteroatoms. The van der Waals surface area contributed by atoms with Gasteiger partial charge in [0.05, 0.1) is 37.0 Å². The molecule has 0 aromatic heterocycles. The van der Waals surface area contributed by atoms with Crippen molar-refractivity contribution in [3.05, 3.63) is 144 Å². The van der Waals surface area contributed by atoms with E-state index in [2.05, 4.69) is 121 Å². The largest absolute Gasteiger partial charge is 0.0912 e. The minimum Gasteiger partial charge on any atom is -0.0622 e. The summed E-state index contributed by atoms with van der Waals surface area (Å²) in [5, 5.41) is 0. The van der Waals surface area contributed by atoms with Gasteiger partial charge in [0.25, 0.3) is 0 Å². The summed E-state index contributed by atoms with van der Waals surface area (Å²) < 4.78 is 0. The van der Waals surface area contributed by atoms with Crippen molar-refractivity contribution in [3.8, 4) is 0 Å². The summed E-state index contributed by atoms with van der Waals surface area (Å²) in [7, 11) is 8.40. The molecule has 186 valence electrons. The molecule has 0 radical (unpaired) electrons. The van der Waals surface area contributed by atoms with Gasteiger partial charge in [-0.2, -0.15) is 0 Å². The van der Waals surface area contributed by atoms with E-state index in [9.17, 15) is 0 Å². The van der Waals surface area contributed by atoms with E-state index >= 15 is 0 Å². The van der Waals surface area contributed by atoms with Crippen molar-refractivity contribution in [1.82, 2.24) is 0 Å². The molecule has 0 unspecified atom stereocenters. The molecule has 4 aromatic carbocycles. The van der Waals surface area contributed by atoms with Gasteiger partial charge in [0.15, 0.2) is 0 Å². The molecule has 0 aliphatic heterocycles. The van der Waals surface area contributed by atoms with Gasteiger partial charge in [-0.1, -0.05) is 121 Å². The number of hydrogen-bond donors (Lipinski definition) is 0. The maximum absolute atomic E-state index is 4.70. The van der Waals surface area contributed by atoms with Crippen LogP contribution in [0.4, 0.5) is 0 Å². The number of rotatable bonds is 11. The van der Waals surface area contributed by atoms with Crippen LogP contribution in [0, 0.1) is 0 Å². The summed E-state index contributed by atoms with van der Waals surface area (Å²) in [5.74, 6) is 0. The molecule has 0 fully saturated rings. The van der Waals surface area contributed by atoms with Crippen LogP contribution in [0.3, 0.4) is 0 Å². The standard InChI is InChI=1S/C30H32P2.2ClH.Ni/c1-5-13-27(14-6-1)23-31(24-28-15-7-2-8-16-28)21-22-32(25-29-17-9-3-10-18-29)26-30-19-11-4-12-20-30;;;/h1-20H,21-26H2;2*1H;/q;;;+2. The van der Waals surface area contributed by atoms with Crippen LogP contribution >= 0.6 is 36.2 Å². The Balaban J connectivity index is 0.00000108. The second-order valence-corrected chi connectivity index (χ2v) is 15.7. The van der Waals surface area contributed by atoms with Crippen molar-refractivity contribution in [3.63, 3.8) is 0 Å². The van der Waals surface area contributed by atoms with Crippen LogP contribution in [-0.2, 0) is 37.3 Å². The smallest absolute Gasteiger partial charge is 0.0622 e. The third-order valence-corrected chi connectivity index (χ3v) is 12.1. The molecule has 0 bridgehead atoms. The van der Waals surface area contributed by atoms with Gasteiger partial charge in [-0.25, -0.2) is 0 Å². The van der Waals surface area contributed by atoms with Crippen molar-refractivity contribution in [2.45, 2.75) is 24.6 Å². The predicted octanol–water partition coefficient (Wildman–Crippen LogP) is 9.59. The Labute approximate surface area is 228 Å². The second-order valence-electron chi connectivity index (χ2n) is 8.69. The molecule has 4 aromatic rings. The van der Waals surface area contributed by atoms with Gasteiger partial charge in [0.2, 0.25) is 0 Å². The molecule has 35 heavy (non-hydrogen) atoms. The minimum atomic E-state index is -0.501. The summed E-state index contributed by atoms with van der Waals surface area (Å²) >= 11 is 0.569. The molecule has 4 rings (SSSR count). The molecular formula is C30H34Cl2NiP2+2. The van der Waals surface area contributed by atoms with Gasteiger partial charge >= 0.3 is 33.0 Å². The van der Waals surface area contributed by atoms with E-state index < -0.39 is 15.8 Å². The summed E-state index contributed by atoms with van der Waals surface area (Å²) in [6.45, 7) is 0. The Bertz CT molecular complexity index is 881. The zero-order valence-corrected chi connectivity index (χ0v) is 24.4. The first-order chi connectivity index (χ1) is 17.3. The molecule has 0 aliphatic carbocycles. The topological polar surface area (TPSA) is 0 Å². The van der Waals surface area contributed by atoms with E-state index in [-0.39, 0.29) is 0 Å². The second kappa shape index (κ2) is 17.3. The van der Waals surface area contributed by atoms with Gasteiger partial charge < -0.3 is 0 Å².